The molecule has 5 heteroatoms. The Morgan fingerprint density at radius 3 is 2.82 bits per heavy atom. The van der Waals surface area contributed by atoms with Crippen molar-refractivity contribution in [2.75, 3.05) is 46.4 Å². The van der Waals surface area contributed by atoms with Gasteiger partial charge in [0.05, 0.1) is 12.2 Å². The van der Waals surface area contributed by atoms with Crippen LogP contribution in [-0.4, -0.2) is 67.7 Å². The first-order valence-corrected chi connectivity index (χ1v) is 6.66. The zero-order valence-corrected chi connectivity index (χ0v) is 10.6. The quantitative estimate of drug-likeness (QED) is 0.649. The Kier molecular flexibility index (Phi) is 2.96. The number of hydrogen-bond donors (Lipinski definition) is 1. The monoisotopic (exact) mass is 238 g/mol. The van der Waals surface area contributed by atoms with Gasteiger partial charge in [0.15, 0.2) is 0 Å². The summed E-state index contributed by atoms with van der Waals surface area (Å²) in [4.78, 5) is 2.44. The van der Waals surface area contributed by atoms with Crippen molar-refractivity contribution in [2.24, 2.45) is 5.10 Å². The van der Waals surface area contributed by atoms with E-state index in [1.54, 1.807) is 0 Å². The molecule has 0 aromatic heterocycles. The van der Waals surface area contributed by atoms with Crippen LogP contribution in [0.4, 0.5) is 0 Å². The van der Waals surface area contributed by atoms with Crippen molar-refractivity contribution in [1.82, 2.24) is 15.2 Å². The normalized spacial score (nSPS) is 28.6. The average molecular weight is 238 g/mol. The molecule has 3 aliphatic rings. The molecule has 1 N–H and O–H groups in total. The van der Waals surface area contributed by atoms with Crippen molar-refractivity contribution in [2.45, 2.75) is 24.9 Å². The van der Waals surface area contributed by atoms with Gasteiger partial charge >= 0.3 is 0 Å². The second-order valence-corrected chi connectivity index (χ2v) is 5.35. The Labute approximate surface area is 103 Å². The van der Waals surface area contributed by atoms with Crippen LogP contribution in [0.25, 0.3) is 0 Å². The van der Waals surface area contributed by atoms with Gasteiger partial charge in [0.1, 0.15) is 5.84 Å². The minimum absolute atomic E-state index is 0.0905. The van der Waals surface area contributed by atoms with Crippen LogP contribution in [0.3, 0.4) is 0 Å². The Morgan fingerprint density at radius 2 is 2.12 bits per heavy atom. The summed E-state index contributed by atoms with van der Waals surface area (Å²) in [6.45, 7) is 6.10. The van der Waals surface area contributed by atoms with Crippen molar-refractivity contribution in [1.29, 1.82) is 0 Å². The van der Waals surface area contributed by atoms with Crippen LogP contribution in [0.1, 0.15) is 19.3 Å². The molecule has 96 valence electrons. The molecular weight excluding hydrogens is 216 g/mol. The molecule has 0 aromatic carbocycles. The van der Waals surface area contributed by atoms with Crippen molar-refractivity contribution < 1.29 is 4.74 Å². The van der Waals surface area contributed by atoms with Gasteiger partial charge in [0.25, 0.3) is 0 Å². The molecule has 1 spiro atoms. The number of nitrogens with one attached hydrogen (secondary N) is 1. The fraction of sp³-hybridized carbons (Fsp3) is 0.917. The minimum atomic E-state index is 0.0905. The third-order valence-electron chi connectivity index (χ3n) is 4.07. The first kappa shape index (κ1) is 11.3. The summed E-state index contributed by atoms with van der Waals surface area (Å²) >= 11 is 0. The number of morpholine rings is 1. The van der Waals surface area contributed by atoms with Crippen molar-refractivity contribution in [3.05, 3.63) is 0 Å². The molecule has 5 nitrogen and oxygen atoms in total. The largest absolute Gasteiger partial charge is 0.371 e. The molecule has 0 radical (unpaired) electrons. The SMILES string of the molecule is CN1CCC(N2CCOC3(CCNCC3)C2)=N1. The predicted molar refractivity (Wildman–Crippen MR) is 67.0 cm³/mol. The van der Waals surface area contributed by atoms with Crippen LogP contribution in [-0.2, 0) is 4.74 Å². The molecule has 0 amide bonds. The van der Waals surface area contributed by atoms with Crippen LogP contribution in [0.15, 0.2) is 5.10 Å². The maximum Gasteiger partial charge on any atom is 0.127 e. The van der Waals surface area contributed by atoms with Crippen LogP contribution in [0.2, 0.25) is 0 Å². The molecule has 3 heterocycles. The van der Waals surface area contributed by atoms with Gasteiger partial charge in [-0.2, -0.15) is 5.10 Å². The third-order valence-corrected chi connectivity index (χ3v) is 4.07. The van der Waals surface area contributed by atoms with Gasteiger partial charge in [0, 0.05) is 33.1 Å². The summed E-state index contributed by atoms with van der Waals surface area (Å²) in [6.07, 6.45) is 3.35. The van der Waals surface area contributed by atoms with Gasteiger partial charge in [-0.15, -0.1) is 0 Å². The number of piperidine rings is 1. The Balaban J connectivity index is 1.69. The number of ether oxygens (including phenoxy) is 1. The number of amidine groups is 1. The van der Waals surface area contributed by atoms with Gasteiger partial charge in [-0.3, -0.25) is 5.01 Å². The maximum absolute atomic E-state index is 6.07. The molecule has 2 fully saturated rings. The third kappa shape index (κ3) is 2.26. The van der Waals surface area contributed by atoms with Gasteiger partial charge in [0.2, 0.25) is 0 Å². The topological polar surface area (TPSA) is 40.1 Å². The lowest BCUT2D eigenvalue weighted by atomic mass is 9.90. The highest BCUT2D eigenvalue weighted by molar-refractivity contribution is 5.83. The predicted octanol–water partition coefficient (Wildman–Crippen LogP) is 0.0898. The molecule has 0 unspecified atom stereocenters. The smallest absolute Gasteiger partial charge is 0.127 e. The van der Waals surface area contributed by atoms with E-state index in [2.05, 4.69) is 15.3 Å². The van der Waals surface area contributed by atoms with E-state index in [4.69, 9.17) is 4.74 Å². The summed E-state index contributed by atoms with van der Waals surface area (Å²) in [5.74, 6) is 1.26. The first-order valence-electron chi connectivity index (χ1n) is 6.66. The maximum atomic E-state index is 6.07. The molecule has 17 heavy (non-hydrogen) atoms. The number of hydrogen-bond acceptors (Lipinski definition) is 5. The zero-order valence-electron chi connectivity index (χ0n) is 10.6. The summed E-state index contributed by atoms with van der Waals surface area (Å²) in [5.41, 5.74) is 0.0905. The Hall–Kier alpha value is -0.810. The van der Waals surface area contributed by atoms with Crippen LogP contribution in [0.5, 0.6) is 0 Å². The highest BCUT2D eigenvalue weighted by Crippen LogP contribution is 2.28. The summed E-state index contributed by atoms with van der Waals surface area (Å²) in [6, 6.07) is 0. The fourth-order valence-electron chi connectivity index (χ4n) is 3.03. The van der Waals surface area contributed by atoms with Crippen molar-refractivity contribution >= 4 is 5.84 Å². The zero-order chi connectivity index (χ0) is 11.7. The van der Waals surface area contributed by atoms with E-state index in [0.29, 0.717) is 0 Å². The number of nitrogens with zero attached hydrogens (tertiary/aromatic N) is 3. The van der Waals surface area contributed by atoms with E-state index in [1.165, 1.54) is 5.84 Å². The van der Waals surface area contributed by atoms with Crippen molar-refractivity contribution in [3.8, 4) is 0 Å². The molecule has 0 atom stereocenters. The van der Waals surface area contributed by atoms with Gasteiger partial charge in [-0.25, -0.2) is 0 Å². The first-order chi connectivity index (χ1) is 8.27. The molecule has 3 rings (SSSR count). The van der Waals surface area contributed by atoms with E-state index in [-0.39, 0.29) is 5.60 Å². The second kappa shape index (κ2) is 4.46. The van der Waals surface area contributed by atoms with Gasteiger partial charge < -0.3 is 15.0 Å². The summed E-state index contributed by atoms with van der Waals surface area (Å²) in [5, 5.41) is 10.0. The highest BCUT2D eigenvalue weighted by Gasteiger charge is 2.39. The second-order valence-electron chi connectivity index (χ2n) is 5.35. The molecule has 0 bridgehead atoms. The van der Waals surface area contributed by atoms with E-state index in [0.717, 1.165) is 58.6 Å². The van der Waals surface area contributed by atoms with Crippen LogP contribution >= 0.6 is 0 Å². The van der Waals surface area contributed by atoms with Crippen molar-refractivity contribution in [3.63, 3.8) is 0 Å². The molecule has 0 aromatic rings. The van der Waals surface area contributed by atoms with E-state index < -0.39 is 0 Å². The summed E-state index contributed by atoms with van der Waals surface area (Å²) < 4.78 is 6.07. The van der Waals surface area contributed by atoms with E-state index in [1.807, 2.05) is 12.1 Å². The number of rotatable bonds is 0. The van der Waals surface area contributed by atoms with E-state index >= 15 is 0 Å². The highest BCUT2D eigenvalue weighted by atomic mass is 16.5. The van der Waals surface area contributed by atoms with Gasteiger partial charge in [-0.1, -0.05) is 0 Å². The molecule has 3 aliphatic heterocycles. The number of hydrazone groups is 1. The van der Waals surface area contributed by atoms with Crippen LogP contribution in [0, 0.1) is 0 Å². The molecule has 2 saturated heterocycles. The lowest BCUT2D eigenvalue weighted by molar-refractivity contribution is -0.108. The standard InChI is InChI=1S/C12H22N4O/c1-15-7-2-11(14-15)16-8-9-17-12(10-16)3-5-13-6-4-12/h13H,2-10H2,1H3. The lowest BCUT2D eigenvalue weighted by Crippen LogP contribution is -2.57. The Bertz CT molecular complexity index is 306. The minimum Gasteiger partial charge on any atom is -0.371 e. The molecule has 0 saturated carbocycles. The lowest BCUT2D eigenvalue weighted by Gasteiger charge is -2.45. The average Bonchev–Trinajstić information content (AvgIpc) is 2.77. The molecule has 0 aliphatic carbocycles. The van der Waals surface area contributed by atoms with E-state index in [9.17, 15) is 0 Å². The Morgan fingerprint density at radius 1 is 1.29 bits per heavy atom. The summed E-state index contributed by atoms with van der Waals surface area (Å²) in [7, 11) is 2.05. The van der Waals surface area contributed by atoms with Crippen LogP contribution < -0.4 is 5.32 Å². The van der Waals surface area contributed by atoms with Gasteiger partial charge in [-0.05, 0) is 25.9 Å². The molecular formula is C12H22N4O. The fourth-order valence-corrected chi connectivity index (χ4v) is 3.03.